The average molecular weight is 383 g/mol. The van der Waals surface area contributed by atoms with Crippen LogP contribution in [0, 0.1) is 5.92 Å². The molecule has 0 radical (unpaired) electrons. The largest absolute Gasteiger partial charge is 0.494 e. The molecule has 0 amide bonds. The van der Waals surface area contributed by atoms with Gasteiger partial charge in [0.25, 0.3) is 0 Å². The minimum absolute atomic E-state index is 0.417. The molecule has 0 unspecified atom stereocenters. The van der Waals surface area contributed by atoms with E-state index in [0.29, 0.717) is 18.6 Å². The minimum Gasteiger partial charge on any atom is -0.494 e. The molecule has 2 saturated heterocycles. The number of nitrogens with one attached hydrogen (secondary N) is 1. The molecule has 0 aromatic heterocycles. The van der Waals surface area contributed by atoms with Crippen molar-refractivity contribution in [3.63, 3.8) is 0 Å². The van der Waals surface area contributed by atoms with Crippen LogP contribution >= 0.6 is 15.9 Å². The Balaban J connectivity index is 1.94. The van der Waals surface area contributed by atoms with Gasteiger partial charge in [0.2, 0.25) is 0 Å². The third kappa shape index (κ3) is 4.27. The van der Waals surface area contributed by atoms with E-state index in [0.717, 1.165) is 62.5 Å². The zero-order valence-corrected chi connectivity index (χ0v) is 15.5. The third-order valence-electron chi connectivity index (χ3n) is 4.85. The molecule has 1 atom stereocenters. The highest BCUT2D eigenvalue weighted by molar-refractivity contribution is 9.10. The second kappa shape index (κ2) is 8.47. The third-order valence-corrected chi connectivity index (χ3v) is 5.34. The molecule has 0 aliphatic carbocycles. The molecule has 2 aliphatic heterocycles. The summed E-state index contributed by atoms with van der Waals surface area (Å²) in [4.78, 5) is 2.64. The minimum atomic E-state index is 0.417. The lowest BCUT2D eigenvalue weighted by molar-refractivity contribution is 0.0205. The Morgan fingerprint density at radius 2 is 2.04 bits per heavy atom. The van der Waals surface area contributed by atoms with Crippen LogP contribution in [-0.4, -0.2) is 50.9 Å². The van der Waals surface area contributed by atoms with Gasteiger partial charge < -0.3 is 14.8 Å². The van der Waals surface area contributed by atoms with Crippen molar-refractivity contribution in [3.8, 4) is 5.75 Å². The van der Waals surface area contributed by atoms with Crippen LogP contribution in [0.2, 0.25) is 0 Å². The Morgan fingerprint density at radius 3 is 2.74 bits per heavy atom. The van der Waals surface area contributed by atoms with E-state index in [9.17, 15) is 0 Å². The van der Waals surface area contributed by atoms with E-state index in [1.165, 1.54) is 5.56 Å². The quantitative estimate of drug-likeness (QED) is 0.847. The summed E-state index contributed by atoms with van der Waals surface area (Å²) in [5.41, 5.74) is 1.33. The lowest BCUT2D eigenvalue weighted by Gasteiger charge is -2.41. The Hall–Kier alpha value is -0.620. The number of nitrogens with zero attached hydrogens (tertiary/aromatic N) is 1. The van der Waals surface area contributed by atoms with Gasteiger partial charge in [-0.2, -0.15) is 0 Å². The van der Waals surface area contributed by atoms with E-state index >= 15 is 0 Å². The average Bonchev–Trinajstić information content (AvgIpc) is 2.60. The van der Waals surface area contributed by atoms with E-state index in [2.05, 4.69) is 51.3 Å². The zero-order chi connectivity index (χ0) is 16.1. The molecular weight excluding hydrogens is 356 g/mol. The van der Waals surface area contributed by atoms with Gasteiger partial charge in [-0.3, -0.25) is 4.90 Å². The van der Waals surface area contributed by atoms with Crippen LogP contribution in [0.5, 0.6) is 5.75 Å². The maximum atomic E-state index is 5.96. The number of hydrogen-bond acceptors (Lipinski definition) is 4. The molecule has 0 spiro atoms. The smallest absolute Gasteiger partial charge is 0.124 e. The summed E-state index contributed by atoms with van der Waals surface area (Å²) in [6.45, 7) is 8.85. The van der Waals surface area contributed by atoms with Crippen LogP contribution in [0.25, 0.3) is 0 Å². The molecule has 1 aromatic rings. The normalized spacial score (nSPS) is 22.0. The summed E-state index contributed by atoms with van der Waals surface area (Å²) in [7, 11) is 0. The Kier molecular flexibility index (Phi) is 6.34. The van der Waals surface area contributed by atoms with Gasteiger partial charge in [0.15, 0.2) is 0 Å². The van der Waals surface area contributed by atoms with Crippen LogP contribution in [0.15, 0.2) is 22.7 Å². The molecular formula is C18H27BrN2O2. The van der Waals surface area contributed by atoms with Crippen LogP contribution in [0.4, 0.5) is 0 Å². The number of benzene rings is 1. The van der Waals surface area contributed by atoms with Crippen molar-refractivity contribution in [2.75, 3.05) is 46.0 Å². The van der Waals surface area contributed by atoms with Crippen molar-refractivity contribution >= 4 is 15.9 Å². The number of hydrogen-bond donors (Lipinski definition) is 1. The van der Waals surface area contributed by atoms with Crippen molar-refractivity contribution in [2.45, 2.75) is 25.8 Å². The monoisotopic (exact) mass is 382 g/mol. The predicted octanol–water partition coefficient (Wildman–Crippen LogP) is 3.22. The van der Waals surface area contributed by atoms with Crippen molar-refractivity contribution in [1.29, 1.82) is 0 Å². The molecule has 2 aliphatic rings. The summed E-state index contributed by atoms with van der Waals surface area (Å²) in [5, 5.41) is 3.47. The number of piperazine rings is 1. The number of ether oxygens (including phenoxy) is 2. The van der Waals surface area contributed by atoms with Crippen LogP contribution < -0.4 is 10.1 Å². The molecule has 5 heteroatoms. The van der Waals surface area contributed by atoms with Crippen molar-refractivity contribution in [3.05, 3.63) is 28.2 Å². The molecule has 0 saturated carbocycles. The zero-order valence-electron chi connectivity index (χ0n) is 13.9. The molecule has 0 bridgehead atoms. The fourth-order valence-electron chi connectivity index (χ4n) is 3.78. The highest BCUT2D eigenvalue weighted by atomic mass is 79.9. The Bertz CT molecular complexity index is 482. The maximum Gasteiger partial charge on any atom is 0.124 e. The lowest BCUT2D eigenvalue weighted by Crippen LogP contribution is -2.47. The molecule has 3 rings (SSSR count). The second-order valence-corrected chi connectivity index (χ2v) is 7.21. The van der Waals surface area contributed by atoms with Gasteiger partial charge in [-0.15, -0.1) is 0 Å². The standard InChI is InChI=1S/C18H27BrN2O2/c1-2-23-17-4-3-15(19)13-16(17)18(14-5-11-22-12-6-14)21-9-7-20-8-10-21/h3-4,13-14,18,20H,2,5-12H2,1H3/t18-/m1/s1. The van der Waals surface area contributed by atoms with E-state index in [1.807, 2.05) is 0 Å². The van der Waals surface area contributed by atoms with Crippen molar-refractivity contribution < 1.29 is 9.47 Å². The van der Waals surface area contributed by atoms with Gasteiger partial charge in [-0.1, -0.05) is 15.9 Å². The first-order valence-electron chi connectivity index (χ1n) is 8.74. The van der Waals surface area contributed by atoms with Gasteiger partial charge in [-0.25, -0.2) is 0 Å². The highest BCUT2D eigenvalue weighted by Crippen LogP contribution is 2.40. The van der Waals surface area contributed by atoms with Gasteiger partial charge in [0, 0.05) is 55.5 Å². The number of rotatable bonds is 5. The topological polar surface area (TPSA) is 33.7 Å². The van der Waals surface area contributed by atoms with Crippen molar-refractivity contribution in [2.24, 2.45) is 5.92 Å². The fourth-order valence-corrected chi connectivity index (χ4v) is 4.16. The highest BCUT2D eigenvalue weighted by Gasteiger charge is 2.33. The summed E-state index contributed by atoms with van der Waals surface area (Å²) in [6.07, 6.45) is 2.26. The first kappa shape index (κ1) is 17.2. The van der Waals surface area contributed by atoms with E-state index in [1.54, 1.807) is 0 Å². The summed E-state index contributed by atoms with van der Waals surface area (Å²) >= 11 is 3.65. The van der Waals surface area contributed by atoms with Gasteiger partial charge in [0.05, 0.1) is 6.61 Å². The van der Waals surface area contributed by atoms with Crippen LogP contribution in [0.1, 0.15) is 31.4 Å². The predicted molar refractivity (Wildman–Crippen MR) is 96.0 cm³/mol. The molecule has 128 valence electrons. The first-order chi connectivity index (χ1) is 11.3. The van der Waals surface area contributed by atoms with E-state index < -0.39 is 0 Å². The molecule has 2 heterocycles. The molecule has 2 fully saturated rings. The molecule has 23 heavy (non-hydrogen) atoms. The summed E-state index contributed by atoms with van der Waals surface area (Å²) in [5.74, 6) is 1.67. The second-order valence-electron chi connectivity index (χ2n) is 6.30. The molecule has 1 aromatic carbocycles. The fraction of sp³-hybridized carbons (Fsp3) is 0.667. The first-order valence-corrected chi connectivity index (χ1v) is 9.53. The SMILES string of the molecule is CCOc1ccc(Br)cc1[C@@H](C1CCOCC1)N1CCNCC1. The summed E-state index contributed by atoms with van der Waals surface area (Å²) in [6, 6.07) is 6.86. The van der Waals surface area contributed by atoms with Crippen LogP contribution in [0.3, 0.4) is 0 Å². The Morgan fingerprint density at radius 1 is 1.30 bits per heavy atom. The number of halogens is 1. The van der Waals surface area contributed by atoms with Crippen molar-refractivity contribution in [1.82, 2.24) is 10.2 Å². The molecule has 4 nitrogen and oxygen atoms in total. The van der Waals surface area contributed by atoms with Gasteiger partial charge in [0.1, 0.15) is 5.75 Å². The Labute approximate surface area is 147 Å². The maximum absolute atomic E-state index is 5.96. The van der Waals surface area contributed by atoms with E-state index in [-0.39, 0.29) is 0 Å². The summed E-state index contributed by atoms with van der Waals surface area (Å²) < 4.78 is 12.7. The lowest BCUT2D eigenvalue weighted by atomic mass is 9.85. The van der Waals surface area contributed by atoms with E-state index in [4.69, 9.17) is 9.47 Å². The van der Waals surface area contributed by atoms with Crippen LogP contribution in [-0.2, 0) is 4.74 Å². The van der Waals surface area contributed by atoms with Gasteiger partial charge in [-0.05, 0) is 43.9 Å². The molecule has 1 N–H and O–H groups in total. The van der Waals surface area contributed by atoms with Gasteiger partial charge >= 0.3 is 0 Å².